The molecule has 1 heterocycles. The molecule has 0 aromatic carbocycles. The summed E-state index contributed by atoms with van der Waals surface area (Å²) in [6.07, 6.45) is 0. The van der Waals surface area contributed by atoms with Crippen LogP contribution in [0.5, 0.6) is 0 Å². The van der Waals surface area contributed by atoms with Gasteiger partial charge in [0.05, 0.1) is 5.75 Å². The fraction of sp³-hybridized carbons (Fsp3) is 0.500. The highest BCUT2D eigenvalue weighted by atomic mass is 32.2. The third-order valence-corrected chi connectivity index (χ3v) is 3.87. The molecule has 1 aromatic heterocycles. The van der Waals surface area contributed by atoms with Crippen LogP contribution in [0.15, 0.2) is 18.2 Å². The fourth-order valence-corrected chi connectivity index (χ4v) is 1.85. The molecular formula is C10H17N3O2S. The maximum atomic E-state index is 11.2. The van der Waals surface area contributed by atoms with Crippen molar-refractivity contribution >= 4 is 21.5 Å². The van der Waals surface area contributed by atoms with Crippen molar-refractivity contribution in [2.45, 2.75) is 6.92 Å². The molecule has 0 saturated carbocycles. The summed E-state index contributed by atoms with van der Waals surface area (Å²) >= 11 is 0. The number of sulfone groups is 1. The zero-order chi connectivity index (χ0) is 12.0. The zero-order valence-corrected chi connectivity index (χ0v) is 10.3. The second-order valence-electron chi connectivity index (χ2n) is 3.32. The van der Waals surface area contributed by atoms with E-state index in [1.54, 1.807) is 20.0 Å². The number of nitrogens with one attached hydrogen (secondary N) is 2. The van der Waals surface area contributed by atoms with Crippen LogP contribution in [-0.2, 0) is 9.84 Å². The van der Waals surface area contributed by atoms with Gasteiger partial charge in [-0.3, -0.25) is 0 Å². The second-order valence-corrected chi connectivity index (χ2v) is 5.79. The molecule has 0 fully saturated rings. The summed E-state index contributed by atoms with van der Waals surface area (Å²) in [7, 11) is -1.13. The van der Waals surface area contributed by atoms with Crippen LogP contribution in [-0.4, -0.2) is 38.5 Å². The molecule has 0 aliphatic heterocycles. The number of hydrogen-bond acceptors (Lipinski definition) is 5. The monoisotopic (exact) mass is 243 g/mol. The lowest BCUT2D eigenvalue weighted by molar-refractivity contribution is 0.597. The summed E-state index contributed by atoms with van der Waals surface area (Å²) in [5.41, 5.74) is 0. The Labute approximate surface area is 96.2 Å². The summed E-state index contributed by atoms with van der Waals surface area (Å²) in [4.78, 5) is 4.22. The standard InChI is InChI=1S/C10H17N3O2S/c1-3-16(14,15)8-7-12-10-6-4-5-9(11-2)13-10/h4-6H,3,7-8H2,1-2H3,(H2,11,12,13). The average Bonchev–Trinajstić information content (AvgIpc) is 2.29. The van der Waals surface area contributed by atoms with E-state index in [4.69, 9.17) is 0 Å². The minimum Gasteiger partial charge on any atom is -0.373 e. The van der Waals surface area contributed by atoms with Crippen LogP contribution in [0.3, 0.4) is 0 Å². The van der Waals surface area contributed by atoms with E-state index < -0.39 is 9.84 Å². The molecule has 16 heavy (non-hydrogen) atoms. The van der Waals surface area contributed by atoms with Crippen molar-refractivity contribution in [1.29, 1.82) is 0 Å². The fourth-order valence-electron chi connectivity index (χ4n) is 1.15. The first-order chi connectivity index (χ1) is 7.57. The highest BCUT2D eigenvalue weighted by Crippen LogP contribution is 2.07. The SMILES string of the molecule is CCS(=O)(=O)CCNc1cccc(NC)n1. The van der Waals surface area contributed by atoms with E-state index in [1.165, 1.54) is 0 Å². The van der Waals surface area contributed by atoms with Crippen LogP contribution >= 0.6 is 0 Å². The Morgan fingerprint density at radius 2 is 2.00 bits per heavy atom. The van der Waals surface area contributed by atoms with Crippen molar-refractivity contribution < 1.29 is 8.42 Å². The summed E-state index contributed by atoms with van der Waals surface area (Å²) < 4.78 is 22.5. The number of aromatic nitrogens is 1. The molecule has 1 aromatic rings. The Kier molecular flexibility index (Phi) is 4.54. The van der Waals surface area contributed by atoms with Gasteiger partial charge in [0.15, 0.2) is 9.84 Å². The maximum Gasteiger partial charge on any atom is 0.151 e. The van der Waals surface area contributed by atoms with Gasteiger partial charge in [-0.15, -0.1) is 0 Å². The first kappa shape index (κ1) is 12.8. The first-order valence-corrected chi connectivity index (χ1v) is 6.98. The molecule has 0 amide bonds. The van der Waals surface area contributed by atoms with E-state index in [9.17, 15) is 8.42 Å². The topological polar surface area (TPSA) is 71.1 Å². The van der Waals surface area contributed by atoms with Gasteiger partial charge >= 0.3 is 0 Å². The average molecular weight is 243 g/mol. The molecule has 5 nitrogen and oxygen atoms in total. The molecule has 90 valence electrons. The molecule has 0 radical (unpaired) electrons. The Morgan fingerprint density at radius 1 is 1.31 bits per heavy atom. The van der Waals surface area contributed by atoms with Crippen molar-refractivity contribution in [2.75, 3.05) is 35.7 Å². The molecule has 0 atom stereocenters. The Bertz CT molecular complexity index is 431. The second kappa shape index (κ2) is 5.69. The molecule has 0 unspecified atom stereocenters. The summed E-state index contributed by atoms with van der Waals surface area (Å²) in [6, 6.07) is 5.50. The van der Waals surface area contributed by atoms with Crippen LogP contribution in [0.4, 0.5) is 11.6 Å². The van der Waals surface area contributed by atoms with E-state index in [2.05, 4.69) is 15.6 Å². The molecule has 1 rings (SSSR count). The van der Waals surface area contributed by atoms with Crippen molar-refractivity contribution in [3.8, 4) is 0 Å². The van der Waals surface area contributed by atoms with Gasteiger partial charge < -0.3 is 10.6 Å². The summed E-state index contributed by atoms with van der Waals surface area (Å²) in [6.45, 7) is 2.03. The van der Waals surface area contributed by atoms with Crippen molar-refractivity contribution in [2.24, 2.45) is 0 Å². The summed E-state index contributed by atoms with van der Waals surface area (Å²) in [5, 5.41) is 5.90. The van der Waals surface area contributed by atoms with Gasteiger partial charge in [-0.05, 0) is 12.1 Å². The lowest BCUT2D eigenvalue weighted by Crippen LogP contribution is -2.17. The van der Waals surface area contributed by atoms with E-state index in [0.717, 1.165) is 5.82 Å². The minimum absolute atomic E-state index is 0.134. The van der Waals surface area contributed by atoms with Crippen LogP contribution in [0.1, 0.15) is 6.92 Å². The normalized spacial score (nSPS) is 11.1. The van der Waals surface area contributed by atoms with Crippen molar-refractivity contribution in [1.82, 2.24) is 4.98 Å². The van der Waals surface area contributed by atoms with Crippen LogP contribution in [0.25, 0.3) is 0 Å². The first-order valence-electron chi connectivity index (χ1n) is 5.16. The van der Waals surface area contributed by atoms with Gasteiger partial charge in [0.1, 0.15) is 11.6 Å². The predicted molar refractivity (Wildman–Crippen MR) is 66.6 cm³/mol. The number of rotatable bonds is 6. The van der Waals surface area contributed by atoms with Gasteiger partial charge in [0.2, 0.25) is 0 Å². The number of pyridine rings is 1. The lowest BCUT2D eigenvalue weighted by atomic mass is 10.4. The Morgan fingerprint density at radius 3 is 2.62 bits per heavy atom. The third-order valence-electron chi connectivity index (χ3n) is 2.16. The Balaban J connectivity index is 2.49. The Hall–Kier alpha value is -1.30. The molecule has 2 N–H and O–H groups in total. The van der Waals surface area contributed by atoms with E-state index >= 15 is 0 Å². The highest BCUT2D eigenvalue weighted by Gasteiger charge is 2.06. The quantitative estimate of drug-likeness (QED) is 0.779. The van der Waals surface area contributed by atoms with Crippen LogP contribution in [0.2, 0.25) is 0 Å². The molecular weight excluding hydrogens is 226 g/mol. The largest absolute Gasteiger partial charge is 0.373 e. The maximum absolute atomic E-state index is 11.2. The van der Waals surface area contributed by atoms with E-state index in [1.807, 2.05) is 12.1 Å². The van der Waals surface area contributed by atoms with Gasteiger partial charge in [-0.2, -0.15) is 0 Å². The van der Waals surface area contributed by atoms with Crippen molar-refractivity contribution in [3.63, 3.8) is 0 Å². The summed E-state index contributed by atoms with van der Waals surface area (Å²) in [5.74, 6) is 1.75. The molecule has 0 spiro atoms. The molecule has 6 heteroatoms. The lowest BCUT2D eigenvalue weighted by Gasteiger charge is -2.06. The van der Waals surface area contributed by atoms with Gasteiger partial charge in [-0.25, -0.2) is 13.4 Å². The minimum atomic E-state index is -2.91. The van der Waals surface area contributed by atoms with Crippen LogP contribution in [0, 0.1) is 0 Å². The van der Waals surface area contributed by atoms with Gasteiger partial charge in [0, 0.05) is 19.3 Å². The van der Waals surface area contributed by atoms with Crippen LogP contribution < -0.4 is 10.6 Å². The molecule has 0 bridgehead atoms. The highest BCUT2D eigenvalue weighted by molar-refractivity contribution is 7.91. The van der Waals surface area contributed by atoms with Crippen molar-refractivity contribution in [3.05, 3.63) is 18.2 Å². The van der Waals surface area contributed by atoms with Gasteiger partial charge in [0.25, 0.3) is 0 Å². The van der Waals surface area contributed by atoms with E-state index in [-0.39, 0.29) is 11.5 Å². The number of anilines is 2. The smallest absolute Gasteiger partial charge is 0.151 e. The number of nitrogens with zero attached hydrogens (tertiary/aromatic N) is 1. The third kappa shape index (κ3) is 4.06. The zero-order valence-electron chi connectivity index (χ0n) is 9.53. The predicted octanol–water partition coefficient (Wildman–Crippen LogP) is 0.970. The molecule has 0 aliphatic carbocycles. The molecule has 0 aliphatic rings. The van der Waals surface area contributed by atoms with Gasteiger partial charge in [-0.1, -0.05) is 13.0 Å². The number of hydrogen-bond donors (Lipinski definition) is 2. The molecule has 0 saturated heterocycles. The van der Waals surface area contributed by atoms with E-state index in [0.29, 0.717) is 12.4 Å².